The van der Waals surface area contributed by atoms with Gasteiger partial charge in [0.25, 0.3) is 0 Å². The molecule has 26 heavy (non-hydrogen) atoms. The Kier molecular flexibility index (Phi) is 4.60. The first kappa shape index (κ1) is 17.3. The topological polar surface area (TPSA) is 81.0 Å². The van der Waals surface area contributed by atoms with E-state index in [0.29, 0.717) is 23.8 Å². The number of hydrogen-bond acceptors (Lipinski definition) is 6. The molecule has 0 saturated carbocycles. The van der Waals surface area contributed by atoms with E-state index >= 15 is 0 Å². The van der Waals surface area contributed by atoms with Crippen molar-refractivity contribution in [1.29, 1.82) is 0 Å². The van der Waals surface area contributed by atoms with Crippen LogP contribution in [-0.4, -0.2) is 45.5 Å². The highest BCUT2D eigenvalue weighted by atomic mass is 32.2. The highest BCUT2D eigenvalue weighted by Crippen LogP contribution is 2.27. The van der Waals surface area contributed by atoms with E-state index in [2.05, 4.69) is 15.4 Å². The van der Waals surface area contributed by atoms with Crippen LogP contribution in [0.2, 0.25) is 0 Å². The zero-order chi connectivity index (χ0) is 18.1. The average molecular weight is 390 g/mol. The monoisotopic (exact) mass is 389 g/mol. The van der Waals surface area contributed by atoms with Crippen LogP contribution >= 0.6 is 11.3 Å². The molecule has 3 aromatic rings. The van der Waals surface area contributed by atoms with Gasteiger partial charge in [0.15, 0.2) is 0 Å². The summed E-state index contributed by atoms with van der Waals surface area (Å²) < 4.78 is 27.6. The van der Waals surface area contributed by atoms with Crippen molar-refractivity contribution in [2.75, 3.05) is 6.54 Å². The van der Waals surface area contributed by atoms with Gasteiger partial charge in [-0.3, -0.25) is 0 Å². The van der Waals surface area contributed by atoms with Crippen molar-refractivity contribution in [3.8, 4) is 10.7 Å². The average Bonchev–Trinajstić information content (AvgIpc) is 3.37. The molecule has 1 aliphatic heterocycles. The Morgan fingerprint density at radius 2 is 2.04 bits per heavy atom. The second kappa shape index (κ2) is 6.90. The Morgan fingerprint density at radius 1 is 1.23 bits per heavy atom. The van der Waals surface area contributed by atoms with Crippen LogP contribution in [0.1, 0.15) is 18.4 Å². The zero-order valence-electron chi connectivity index (χ0n) is 14.3. The summed E-state index contributed by atoms with van der Waals surface area (Å²) >= 11 is 1.55. The summed E-state index contributed by atoms with van der Waals surface area (Å²) in [4.78, 5) is 2.79. The van der Waals surface area contributed by atoms with Gasteiger partial charge < -0.3 is 0 Å². The molecule has 1 aliphatic rings. The minimum atomic E-state index is -3.52. The van der Waals surface area contributed by atoms with Crippen molar-refractivity contribution in [1.82, 2.24) is 24.5 Å². The molecular weight excluding hydrogens is 370 g/mol. The van der Waals surface area contributed by atoms with Gasteiger partial charge in [-0.15, -0.1) is 21.5 Å². The Labute approximate surface area is 156 Å². The molecule has 1 atom stereocenters. The number of thiophene rings is 1. The van der Waals surface area contributed by atoms with Crippen LogP contribution in [0.4, 0.5) is 0 Å². The van der Waals surface area contributed by atoms with E-state index in [9.17, 15) is 8.42 Å². The van der Waals surface area contributed by atoms with Gasteiger partial charge in [0, 0.05) is 12.6 Å². The normalized spacial score (nSPS) is 18.4. The molecule has 2 aromatic heterocycles. The van der Waals surface area contributed by atoms with Gasteiger partial charge in [0.2, 0.25) is 15.8 Å². The molecule has 0 spiro atoms. The van der Waals surface area contributed by atoms with Crippen LogP contribution in [0, 0.1) is 6.92 Å². The maximum Gasteiger partial charge on any atom is 0.243 e. The van der Waals surface area contributed by atoms with Crippen molar-refractivity contribution in [3.63, 3.8) is 0 Å². The van der Waals surface area contributed by atoms with Gasteiger partial charge in [-0.25, -0.2) is 8.42 Å². The summed E-state index contributed by atoms with van der Waals surface area (Å²) in [5.74, 6) is 0.575. The number of rotatable bonds is 5. The van der Waals surface area contributed by atoms with Crippen LogP contribution in [-0.2, 0) is 16.6 Å². The predicted octanol–water partition coefficient (Wildman–Crippen LogP) is 2.56. The van der Waals surface area contributed by atoms with E-state index in [-0.39, 0.29) is 6.04 Å². The minimum Gasteiger partial charge on any atom is -0.207 e. The molecule has 0 amide bonds. The third kappa shape index (κ3) is 3.29. The van der Waals surface area contributed by atoms with E-state index in [4.69, 9.17) is 0 Å². The predicted molar refractivity (Wildman–Crippen MR) is 99.2 cm³/mol. The summed E-state index contributed by atoms with van der Waals surface area (Å²) in [5.41, 5.74) is 1.04. The minimum absolute atomic E-state index is 0.160. The molecule has 1 aromatic carbocycles. The number of hydrogen-bond donors (Lipinski definition) is 0. The first-order valence-corrected chi connectivity index (χ1v) is 10.8. The molecular formula is C17H19N5O2S2. The van der Waals surface area contributed by atoms with Gasteiger partial charge in [0.05, 0.1) is 16.3 Å². The SMILES string of the molecule is Cc1ccc(S(=O)(=O)N2CCC[C@@H]2Cn2nnc(-c3cccs3)n2)cc1. The van der Waals surface area contributed by atoms with Crippen LogP contribution in [0.5, 0.6) is 0 Å². The fraction of sp³-hybridized carbons (Fsp3) is 0.353. The fourth-order valence-corrected chi connectivity index (χ4v) is 5.50. The zero-order valence-corrected chi connectivity index (χ0v) is 15.9. The van der Waals surface area contributed by atoms with Crippen molar-refractivity contribution >= 4 is 21.4 Å². The number of benzene rings is 1. The van der Waals surface area contributed by atoms with E-state index in [1.54, 1.807) is 27.8 Å². The molecule has 1 fully saturated rings. The standard InChI is InChI=1S/C17H19N5O2S2/c1-13-6-8-15(9-7-13)26(23,24)21-10-2-4-14(21)12-22-19-17(18-20-22)16-5-3-11-25-16/h3,5-9,11,14H,2,4,10,12H2,1H3/t14-/m1/s1. The lowest BCUT2D eigenvalue weighted by Crippen LogP contribution is -2.38. The molecule has 0 N–H and O–H groups in total. The number of sulfonamides is 1. The Balaban J connectivity index is 1.54. The highest BCUT2D eigenvalue weighted by Gasteiger charge is 2.35. The molecule has 0 unspecified atom stereocenters. The second-order valence-electron chi connectivity index (χ2n) is 6.37. The van der Waals surface area contributed by atoms with Crippen LogP contribution in [0.3, 0.4) is 0 Å². The number of tetrazole rings is 1. The lowest BCUT2D eigenvalue weighted by Gasteiger charge is -2.23. The number of aryl methyl sites for hydroxylation is 1. The van der Waals surface area contributed by atoms with E-state index in [1.807, 2.05) is 36.6 Å². The Hall–Kier alpha value is -2.10. The van der Waals surface area contributed by atoms with E-state index in [1.165, 1.54) is 4.80 Å². The number of nitrogens with zero attached hydrogens (tertiary/aromatic N) is 5. The Bertz CT molecular complexity index is 981. The molecule has 0 bridgehead atoms. The number of aromatic nitrogens is 4. The van der Waals surface area contributed by atoms with Crippen LogP contribution < -0.4 is 0 Å². The van der Waals surface area contributed by atoms with Crippen molar-refractivity contribution < 1.29 is 8.42 Å². The Morgan fingerprint density at radius 3 is 2.77 bits per heavy atom. The largest absolute Gasteiger partial charge is 0.243 e. The summed E-state index contributed by atoms with van der Waals surface area (Å²) in [5, 5.41) is 14.5. The summed E-state index contributed by atoms with van der Waals surface area (Å²) in [6.07, 6.45) is 1.63. The molecule has 4 rings (SSSR count). The fourth-order valence-electron chi connectivity index (χ4n) is 3.17. The van der Waals surface area contributed by atoms with Gasteiger partial charge in [-0.2, -0.15) is 9.10 Å². The van der Waals surface area contributed by atoms with Crippen molar-refractivity contribution in [2.24, 2.45) is 0 Å². The molecule has 7 nitrogen and oxygen atoms in total. The van der Waals surface area contributed by atoms with Gasteiger partial charge in [0.1, 0.15) is 0 Å². The first-order valence-electron chi connectivity index (χ1n) is 8.44. The summed E-state index contributed by atoms with van der Waals surface area (Å²) in [6, 6.07) is 10.7. The van der Waals surface area contributed by atoms with E-state index < -0.39 is 10.0 Å². The molecule has 0 radical (unpaired) electrons. The summed E-state index contributed by atoms with van der Waals surface area (Å²) in [7, 11) is -3.52. The quantitative estimate of drug-likeness (QED) is 0.670. The van der Waals surface area contributed by atoms with Gasteiger partial charge in [-0.1, -0.05) is 23.8 Å². The lowest BCUT2D eigenvalue weighted by molar-refractivity contribution is 0.323. The lowest BCUT2D eigenvalue weighted by atomic mass is 10.2. The van der Waals surface area contributed by atoms with Crippen LogP contribution in [0.25, 0.3) is 10.7 Å². The van der Waals surface area contributed by atoms with Gasteiger partial charge in [-0.05, 0) is 48.6 Å². The van der Waals surface area contributed by atoms with E-state index in [0.717, 1.165) is 23.3 Å². The molecule has 9 heteroatoms. The maximum absolute atomic E-state index is 13.0. The highest BCUT2D eigenvalue weighted by molar-refractivity contribution is 7.89. The summed E-state index contributed by atoms with van der Waals surface area (Å²) in [6.45, 7) is 2.87. The van der Waals surface area contributed by atoms with Crippen molar-refractivity contribution in [2.45, 2.75) is 37.2 Å². The second-order valence-corrected chi connectivity index (χ2v) is 9.21. The molecule has 0 aliphatic carbocycles. The van der Waals surface area contributed by atoms with Crippen LogP contribution in [0.15, 0.2) is 46.7 Å². The first-order chi connectivity index (χ1) is 12.5. The third-order valence-corrected chi connectivity index (χ3v) is 7.35. The molecule has 136 valence electrons. The smallest absolute Gasteiger partial charge is 0.207 e. The molecule has 1 saturated heterocycles. The molecule has 3 heterocycles. The third-order valence-electron chi connectivity index (χ3n) is 4.52. The van der Waals surface area contributed by atoms with Crippen molar-refractivity contribution in [3.05, 3.63) is 47.3 Å². The van der Waals surface area contributed by atoms with Gasteiger partial charge >= 0.3 is 0 Å². The maximum atomic E-state index is 13.0.